The Kier molecular flexibility index (Phi) is 3.10. The third-order valence-electron chi connectivity index (χ3n) is 3.41. The molecule has 4 nitrogen and oxygen atoms in total. The second-order valence-corrected chi connectivity index (χ2v) is 5.64. The zero-order valence-corrected chi connectivity index (χ0v) is 11.2. The van der Waals surface area contributed by atoms with Crippen molar-refractivity contribution in [1.82, 2.24) is 4.98 Å². The van der Waals surface area contributed by atoms with Gasteiger partial charge in [-0.2, -0.15) is 5.26 Å². The number of hydrogen-bond acceptors (Lipinski definition) is 5. The molecule has 1 atom stereocenters. The normalized spacial score (nSPS) is 17.5. The van der Waals surface area contributed by atoms with Crippen molar-refractivity contribution in [3.63, 3.8) is 0 Å². The van der Waals surface area contributed by atoms with Gasteiger partial charge in [0.15, 0.2) is 5.69 Å². The first-order chi connectivity index (χ1) is 9.28. The number of nitrogen functional groups attached to an aromatic ring is 1. The van der Waals surface area contributed by atoms with Crippen molar-refractivity contribution in [1.29, 1.82) is 5.26 Å². The number of nitriles is 1. The van der Waals surface area contributed by atoms with E-state index < -0.39 is 0 Å². The van der Waals surface area contributed by atoms with Crippen LogP contribution < -0.4 is 11.1 Å². The summed E-state index contributed by atoms with van der Waals surface area (Å²) in [4.78, 5) is 5.71. The quantitative estimate of drug-likeness (QED) is 0.879. The Bertz CT molecular complexity index is 641. The fourth-order valence-electron chi connectivity index (χ4n) is 2.45. The molecule has 0 fully saturated rings. The lowest BCUT2D eigenvalue weighted by molar-refractivity contribution is 0.607. The molecule has 1 unspecified atom stereocenters. The maximum atomic E-state index is 8.95. The number of pyridine rings is 1. The van der Waals surface area contributed by atoms with Crippen LogP contribution >= 0.6 is 11.3 Å². The second kappa shape index (κ2) is 4.90. The van der Waals surface area contributed by atoms with Crippen LogP contribution in [0.4, 0.5) is 11.5 Å². The van der Waals surface area contributed by atoms with Crippen LogP contribution in [0.3, 0.4) is 0 Å². The summed E-state index contributed by atoms with van der Waals surface area (Å²) in [6.45, 7) is 0. The van der Waals surface area contributed by atoms with E-state index in [1.165, 1.54) is 23.3 Å². The number of rotatable bonds is 2. The lowest BCUT2D eigenvalue weighted by Gasteiger charge is -2.24. The molecule has 2 aromatic rings. The third-order valence-corrected chi connectivity index (χ3v) is 4.40. The van der Waals surface area contributed by atoms with E-state index in [0.717, 1.165) is 12.2 Å². The topological polar surface area (TPSA) is 74.7 Å². The van der Waals surface area contributed by atoms with Gasteiger partial charge in [-0.3, -0.25) is 0 Å². The summed E-state index contributed by atoms with van der Waals surface area (Å²) in [5.41, 5.74) is 7.76. The Morgan fingerprint density at radius 2 is 2.32 bits per heavy atom. The molecule has 0 amide bonds. The monoisotopic (exact) mass is 270 g/mol. The lowest BCUT2D eigenvalue weighted by Crippen LogP contribution is -2.16. The number of aromatic nitrogens is 1. The molecular formula is C14H14N4S. The van der Waals surface area contributed by atoms with Crippen LogP contribution in [0.1, 0.15) is 35.0 Å². The summed E-state index contributed by atoms with van der Waals surface area (Å²) in [5, 5.41) is 14.5. The van der Waals surface area contributed by atoms with E-state index >= 15 is 0 Å². The van der Waals surface area contributed by atoms with Crippen LogP contribution in [0.15, 0.2) is 23.6 Å². The van der Waals surface area contributed by atoms with Crippen LogP contribution in [0.25, 0.3) is 0 Å². The number of thiophene rings is 1. The molecule has 19 heavy (non-hydrogen) atoms. The predicted molar refractivity (Wildman–Crippen MR) is 77.0 cm³/mol. The maximum Gasteiger partial charge on any atom is 0.165 e. The van der Waals surface area contributed by atoms with Gasteiger partial charge in [0.2, 0.25) is 0 Å². The van der Waals surface area contributed by atoms with E-state index in [1.807, 2.05) is 23.5 Å². The summed E-state index contributed by atoms with van der Waals surface area (Å²) < 4.78 is 0. The van der Waals surface area contributed by atoms with E-state index in [0.29, 0.717) is 5.69 Å². The van der Waals surface area contributed by atoms with E-state index in [1.54, 1.807) is 6.07 Å². The highest BCUT2D eigenvalue weighted by Gasteiger charge is 2.21. The van der Waals surface area contributed by atoms with Crippen molar-refractivity contribution < 1.29 is 0 Å². The van der Waals surface area contributed by atoms with Crippen LogP contribution in [-0.2, 0) is 6.42 Å². The molecule has 3 rings (SSSR count). The average Bonchev–Trinajstić information content (AvgIpc) is 2.90. The average molecular weight is 270 g/mol. The zero-order chi connectivity index (χ0) is 13.2. The summed E-state index contributed by atoms with van der Waals surface area (Å²) in [7, 11) is 0. The number of nitrogens with zero attached hydrogens (tertiary/aromatic N) is 2. The lowest BCUT2D eigenvalue weighted by atomic mass is 9.94. The summed E-state index contributed by atoms with van der Waals surface area (Å²) in [5.74, 6) is 0.717. The molecule has 2 aromatic heterocycles. The molecule has 0 spiro atoms. The van der Waals surface area contributed by atoms with Crippen LogP contribution in [0.5, 0.6) is 0 Å². The standard InChI is InChI=1S/C14H14N4S/c15-8-12-10(16)4-5-14(18-12)17-11-2-1-3-13-9(11)6-7-19-13/h4-7,11H,1-3,16H2,(H,17,18). The Labute approximate surface area is 115 Å². The van der Waals surface area contributed by atoms with Crippen LogP contribution in [-0.4, -0.2) is 4.98 Å². The molecule has 0 bridgehead atoms. The minimum absolute atomic E-state index is 0.284. The number of fused-ring (bicyclic) bond motifs is 1. The minimum Gasteiger partial charge on any atom is -0.396 e. The van der Waals surface area contributed by atoms with Crippen molar-refractivity contribution in [2.24, 2.45) is 0 Å². The van der Waals surface area contributed by atoms with Crippen molar-refractivity contribution in [2.75, 3.05) is 11.1 Å². The van der Waals surface area contributed by atoms with E-state index in [2.05, 4.69) is 21.7 Å². The van der Waals surface area contributed by atoms with E-state index in [9.17, 15) is 0 Å². The molecule has 3 N–H and O–H groups in total. The fraction of sp³-hybridized carbons (Fsp3) is 0.286. The van der Waals surface area contributed by atoms with Gasteiger partial charge in [-0.1, -0.05) is 0 Å². The number of hydrogen-bond donors (Lipinski definition) is 2. The van der Waals surface area contributed by atoms with Crippen molar-refractivity contribution in [2.45, 2.75) is 25.3 Å². The van der Waals surface area contributed by atoms with Crippen LogP contribution in [0, 0.1) is 11.3 Å². The summed E-state index contributed by atoms with van der Waals surface area (Å²) in [6.07, 6.45) is 3.45. The molecule has 5 heteroatoms. The van der Waals surface area contributed by atoms with Gasteiger partial charge in [0.25, 0.3) is 0 Å². The number of anilines is 2. The highest BCUT2D eigenvalue weighted by atomic mass is 32.1. The number of nitrogens with two attached hydrogens (primary N) is 1. The van der Waals surface area contributed by atoms with E-state index in [-0.39, 0.29) is 11.7 Å². The van der Waals surface area contributed by atoms with Gasteiger partial charge in [-0.15, -0.1) is 11.3 Å². The smallest absolute Gasteiger partial charge is 0.165 e. The van der Waals surface area contributed by atoms with Crippen molar-refractivity contribution >= 4 is 22.8 Å². The fourth-order valence-corrected chi connectivity index (χ4v) is 3.44. The first-order valence-electron chi connectivity index (χ1n) is 6.27. The van der Waals surface area contributed by atoms with Crippen molar-refractivity contribution in [3.8, 4) is 6.07 Å². The Balaban J connectivity index is 1.86. The largest absolute Gasteiger partial charge is 0.396 e. The first kappa shape index (κ1) is 12.0. The Morgan fingerprint density at radius 3 is 3.16 bits per heavy atom. The molecule has 0 radical (unpaired) electrons. The van der Waals surface area contributed by atoms with E-state index in [4.69, 9.17) is 11.0 Å². The molecule has 96 valence electrons. The van der Waals surface area contributed by atoms with Crippen LogP contribution in [0.2, 0.25) is 0 Å². The molecule has 1 aliphatic rings. The maximum absolute atomic E-state index is 8.95. The van der Waals surface area contributed by atoms with Gasteiger partial charge in [0, 0.05) is 4.88 Å². The minimum atomic E-state index is 0.284. The summed E-state index contributed by atoms with van der Waals surface area (Å²) >= 11 is 1.82. The van der Waals surface area contributed by atoms with Gasteiger partial charge < -0.3 is 11.1 Å². The molecule has 1 aliphatic carbocycles. The molecule has 0 aromatic carbocycles. The van der Waals surface area contributed by atoms with Gasteiger partial charge in [0.05, 0.1) is 11.7 Å². The molecule has 0 saturated heterocycles. The molecule has 0 saturated carbocycles. The summed E-state index contributed by atoms with van der Waals surface area (Å²) in [6, 6.07) is 8.04. The first-order valence-corrected chi connectivity index (χ1v) is 7.15. The predicted octanol–water partition coefficient (Wildman–Crippen LogP) is 3.09. The highest BCUT2D eigenvalue weighted by molar-refractivity contribution is 7.10. The molecule has 0 aliphatic heterocycles. The SMILES string of the molecule is N#Cc1nc(NC2CCCc3sccc32)ccc1N. The molecular weight excluding hydrogens is 256 g/mol. The Morgan fingerprint density at radius 1 is 1.42 bits per heavy atom. The van der Waals surface area contributed by atoms with Crippen molar-refractivity contribution in [3.05, 3.63) is 39.7 Å². The number of aryl methyl sites for hydroxylation is 1. The second-order valence-electron chi connectivity index (χ2n) is 4.63. The molecule has 2 heterocycles. The zero-order valence-electron chi connectivity index (χ0n) is 10.4. The highest BCUT2D eigenvalue weighted by Crippen LogP contribution is 2.35. The third kappa shape index (κ3) is 2.27. The number of nitrogens with one attached hydrogen (secondary N) is 1. The van der Waals surface area contributed by atoms with Gasteiger partial charge in [0.1, 0.15) is 11.9 Å². The van der Waals surface area contributed by atoms with Gasteiger partial charge in [-0.25, -0.2) is 4.98 Å². The van der Waals surface area contributed by atoms with Gasteiger partial charge in [-0.05, 0) is 48.4 Å². The van der Waals surface area contributed by atoms with Gasteiger partial charge >= 0.3 is 0 Å². The Hall–Kier alpha value is -2.06.